The fourth-order valence-electron chi connectivity index (χ4n) is 2.17. The number of rotatable bonds is 1. The minimum absolute atomic E-state index is 0.297. The van der Waals surface area contributed by atoms with Gasteiger partial charge in [-0.15, -0.1) is 0 Å². The van der Waals surface area contributed by atoms with Gasteiger partial charge < -0.3 is 0 Å². The molecule has 0 N–H and O–H groups in total. The standard InChI is InChI=1S/C14H10F3N3/c1-8-6-18-3-2-10(8)11-5-12-13(20-11)4-9(7-19-12)14(15,16)17/h2-4,6-7H,5H2,1H3. The molecule has 2 aromatic heterocycles. The lowest BCUT2D eigenvalue weighted by Gasteiger charge is -2.06. The molecule has 0 spiro atoms. The lowest BCUT2D eigenvalue weighted by molar-refractivity contribution is -0.137. The zero-order chi connectivity index (χ0) is 14.3. The number of aliphatic imine (C=N–C) groups is 1. The monoisotopic (exact) mass is 277 g/mol. The molecule has 6 heteroatoms. The van der Waals surface area contributed by atoms with Crippen LogP contribution in [-0.2, 0) is 12.6 Å². The quantitative estimate of drug-likeness (QED) is 0.800. The number of nitrogens with zero attached hydrogens (tertiary/aromatic N) is 3. The van der Waals surface area contributed by atoms with Crippen LogP contribution in [0.1, 0.15) is 22.4 Å². The van der Waals surface area contributed by atoms with E-state index in [9.17, 15) is 13.2 Å². The normalized spacial score (nSPS) is 14.1. The Kier molecular flexibility index (Phi) is 2.81. The molecule has 0 radical (unpaired) electrons. The molecule has 102 valence electrons. The predicted octanol–water partition coefficient (Wildman–Crippen LogP) is 3.48. The van der Waals surface area contributed by atoms with Gasteiger partial charge in [-0.25, -0.2) is 0 Å². The summed E-state index contributed by atoms with van der Waals surface area (Å²) in [6, 6.07) is 2.86. The van der Waals surface area contributed by atoms with Crippen molar-refractivity contribution in [3.63, 3.8) is 0 Å². The van der Waals surface area contributed by atoms with Gasteiger partial charge in [0, 0.05) is 30.6 Å². The molecule has 3 rings (SSSR count). The van der Waals surface area contributed by atoms with Gasteiger partial charge in [0.05, 0.1) is 22.7 Å². The molecule has 3 heterocycles. The maximum Gasteiger partial charge on any atom is 0.417 e. The Hall–Kier alpha value is -2.24. The molecule has 20 heavy (non-hydrogen) atoms. The zero-order valence-electron chi connectivity index (χ0n) is 10.6. The second-order valence-electron chi connectivity index (χ2n) is 4.61. The van der Waals surface area contributed by atoms with E-state index in [-0.39, 0.29) is 0 Å². The van der Waals surface area contributed by atoms with Gasteiger partial charge in [0.1, 0.15) is 0 Å². The highest BCUT2D eigenvalue weighted by molar-refractivity contribution is 6.07. The van der Waals surface area contributed by atoms with Gasteiger partial charge in [-0.05, 0) is 24.6 Å². The van der Waals surface area contributed by atoms with Crippen molar-refractivity contribution in [1.29, 1.82) is 0 Å². The van der Waals surface area contributed by atoms with E-state index >= 15 is 0 Å². The fourth-order valence-corrected chi connectivity index (χ4v) is 2.17. The Bertz CT molecular complexity index is 705. The second-order valence-corrected chi connectivity index (χ2v) is 4.61. The molecule has 0 saturated heterocycles. The number of halogens is 3. The van der Waals surface area contributed by atoms with Crippen molar-refractivity contribution in [3.8, 4) is 0 Å². The molecular weight excluding hydrogens is 267 g/mol. The number of hydrogen-bond acceptors (Lipinski definition) is 3. The van der Waals surface area contributed by atoms with Crippen molar-refractivity contribution in [2.45, 2.75) is 19.5 Å². The Morgan fingerprint density at radius 1 is 1.20 bits per heavy atom. The zero-order valence-corrected chi connectivity index (χ0v) is 10.6. The van der Waals surface area contributed by atoms with E-state index in [0.29, 0.717) is 17.8 Å². The minimum atomic E-state index is -4.40. The van der Waals surface area contributed by atoms with E-state index in [2.05, 4.69) is 15.0 Å². The van der Waals surface area contributed by atoms with Crippen LogP contribution in [0.3, 0.4) is 0 Å². The van der Waals surface area contributed by atoms with E-state index in [1.54, 1.807) is 12.4 Å². The first-order valence-electron chi connectivity index (χ1n) is 6.00. The van der Waals surface area contributed by atoms with Gasteiger partial charge in [-0.2, -0.15) is 13.2 Å². The summed E-state index contributed by atoms with van der Waals surface area (Å²) in [6.07, 6.45) is 0.250. The Labute approximate surface area is 113 Å². The Morgan fingerprint density at radius 3 is 2.70 bits per heavy atom. The molecule has 1 aliphatic heterocycles. The first kappa shape index (κ1) is 12.8. The average Bonchev–Trinajstić information content (AvgIpc) is 2.80. The first-order valence-corrected chi connectivity index (χ1v) is 6.00. The van der Waals surface area contributed by atoms with Crippen LogP contribution in [0.4, 0.5) is 18.9 Å². The molecule has 0 unspecified atom stereocenters. The molecule has 0 saturated carbocycles. The van der Waals surface area contributed by atoms with Gasteiger partial charge >= 0.3 is 6.18 Å². The third-order valence-electron chi connectivity index (χ3n) is 3.20. The molecule has 0 bridgehead atoms. The van der Waals surface area contributed by atoms with Gasteiger partial charge in [-0.1, -0.05) is 0 Å². The summed E-state index contributed by atoms with van der Waals surface area (Å²) >= 11 is 0. The SMILES string of the molecule is Cc1cnccc1C1=Nc2cc(C(F)(F)F)cnc2C1. The molecule has 0 atom stereocenters. The highest BCUT2D eigenvalue weighted by atomic mass is 19.4. The highest BCUT2D eigenvalue weighted by Crippen LogP contribution is 2.35. The van der Waals surface area contributed by atoms with Gasteiger partial charge in [0.15, 0.2) is 0 Å². The number of aryl methyl sites for hydroxylation is 1. The Balaban J connectivity index is 2.02. The fraction of sp³-hybridized carbons (Fsp3) is 0.214. The van der Waals surface area contributed by atoms with Gasteiger partial charge in [-0.3, -0.25) is 15.0 Å². The van der Waals surface area contributed by atoms with Crippen LogP contribution < -0.4 is 0 Å². The van der Waals surface area contributed by atoms with E-state index in [1.807, 2.05) is 13.0 Å². The molecule has 0 aromatic carbocycles. The lowest BCUT2D eigenvalue weighted by Crippen LogP contribution is -2.06. The second kappa shape index (κ2) is 4.40. The van der Waals surface area contributed by atoms with E-state index in [4.69, 9.17) is 0 Å². The molecule has 2 aromatic rings. The van der Waals surface area contributed by atoms with Crippen molar-refractivity contribution in [2.75, 3.05) is 0 Å². The summed E-state index contributed by atoms with van der Waals surface area (Å²) in [4.78, 5) is 12.2. The average molecular weight is 277 g/mol. The van der Waals surface area contributed by atoms with Crippen molar-refractivity contribution >= 4 is 11.4 Å². The van der Waals surface area contributed by atoms with Crippen LogP contribution >= 0.6 is 0 Å². The molecule has 1 aliphatic rings. The molecule has 0 fully saturated rings. The van der Waals surface area contributed by atoms with Crippen LogP contribution in [0, 0.1) is 6.92 Å². The molecule has 3 nitrogen and oxygen atoms in total. The third kappa shape index (κ3) is 2.17. The number of aromatic nitrogens is 2. The third-order valence-corrected chi connectivity index (χ3v) is 3.20. The molecular formula is C14H10F3N3. The Morgan fingerprint density at radius 2 is 2.00 bits per heavy atom. The maximum absolute atomic E-state index is 12.6. The minimum Gasteiger partial charge on any atom is -0.264 e. The van der Waals surface area contributed by atoms with Crippen LogP contribution in [0.15, 0.2) is 35.7 Å². The predicted molar refractivity (Wildman–Crippen MR) is 68.1 cm³/mol. The highest BCUT2D eigenvalue weighted by Gasteiger charge is 2.32. The van der Waals surface area contributed by atoms with Crippen molar-refractivity contribution in [3.05, 3.63) is 53.1 Å². The van der Waals surface area contributed by atoms with E-state index in [1.165, 1.54) is 0 Å². The summed E-state index contributed by atoms with van der Waals surface area (Å²) in [7, 11) is 0. The van der Waals surface area contributed by atoms with E-state index < -0.39 is 11.7 Å². The summed E-state index contributed by atoms with van der Waals surface area (Å²) < 4.78 is 37.9. The number of alkyl halides is 3. The van der Waals surface area contributed by atoms with Crippen LogP contribution in [-0.4, -0.2) is 15.7 Å². The van der Waals surface area contributed by atoms with Gasteiger partial charge in [0.25, 0.3) is 0 Å². The van der Waals surface area contributed by atoms with Gasteiger partial charge in [0.2, 0.25) is 0 Å². The number of hydrogen-bond donors (Lipinski definition) is 0. The topological polar surface area (TPSA) is 38.1 Å². The van der Waals surface area contributed by atoms with E-state index in [0.717, 1.165) is 29.1 Å². The molecule has 0 amide bonds. The van der Waals surface area contributed by atoms with Crippen molar-refractivity contribution in [2.24, 2.45) is 4.99 Å². The largest absolute Gasteiger partial charge is 0.417 e. The number of pyridine rings is 2. The smallest absolute Gasteiger partial charge is 0.264 e. The summed E-state index contributed by atoms with van der Waals surface area (Å²) in [5.74, 6) is 0. The lowest BCUT2D eigenvalue weighted by atomic mass is 10.0. The summed E-state index contributed by atoms with van der Waals surface area (Å²) in [5.41, 5.74) is 2.66. The van der Waals surface area contributed by atoms with Crippen molar-refractivity contribution in [1.82, 2.24) is 9.97 Å². The van der Waals surface area contributed by atoms with Crippen molar-refractivity contribution < 1.29 is 13.2 Å². The maximum atomic E-state index is 12.6. The summed E-state index contributed by atoms with van der Waals surface area (Å²) in [5, 5.41) is 0. The molecule has 0 aliphatic carbocycles. The van der Waals surface area contributed by atoms with Crippen LogP contribution in [0.5, 0.6) is 0 Å². The number of fused-ring (bicyclic) bond motifs is 1. The first-order chi connectivity index (χ1) is 9.45. The van der Waals surface area contributed by atoms with Crippen LogP contribution in [0.25, 0.3) is 0 Å². The summed E-state index contributed by atoms with van der Waals surface area (Å²) in [6.45, 7) is 1.89. The van der Waals surface area contributed by atoms with Crippen LogP contribution in [0.2, 0.25) is 0 Å².